The lowest BCUT2D eigenvalue weighted by Crippen LogP contribution is -2.49. The molecule has 110 valence electrons. The monoisotopic (exact) mass is 273 g/mol. The average Bonchev–Trinajstić information content (AvgIpc) is 2.27. The van der Waals surface area contributed by atoms with Gasteiger partial charge in [-0.1, -0.05) is 13.3 Å². The molecule has 0 bridgehead atoms. The number of nitrogens with two attached hydrogens (primary N) is 1. The van der Waals surface area contributed by atoms with E-state index in [4.69, 9.17) is 10.8 Å². The van der Waals surface area contributed by atoms with Crippen LogP contribution in [0.4, 0.5) is 4.79 Å². The van der Waals surface area contributed by atoms with E-state index in [1.807, 2.05) is 6.92 Å². The highest BCUT2D eigenvalue weighted by Crippen LogP contribution is 2.19. The van der Waals surface area contributed by atoms with Crippen molar-refractivity contribution in [1.82, 2.24) is 10.6 Å². The second kappa shape index (κ2) is 7.60. The fraction of sp³-hybridized carbons (Fsp3) is 0.750. The summed E-state index contributed by atoms with van der Waals surface area (Å²) in [4.78, 5) is 33.5. The molecule has 0 aliphatic carbocycles. The first-order chi connectivity index (χ1) is 8.70. The van der Waals surface area contributed by atoms with Crippen molar-refractivity contribution < 1.29 is 19.5 Å². The van der Waals surface area contributed by atoms with Crippen LogP contribution in [0.5, 0.6) is 0 Å². The van der Waals surface area contributed by atoms with Gasteiger partial charge in [0, 0.05) is 6.54 Å². The molecule has 0 heterocycles. The Kier molecular flexibility index (Phi) is 6.89. The largest absolute Gasteiger partial charge is 0.481 e. The highest BCUT2D eigenvalue weighted by Gasteiger charge is 2.27. The van der Waals surface area contributed by atoms with Crippen LogP contribution in [0.3, 0.4) is 0 Å². The Bertz CT molecular complexity index is 342. The SMILES string of the molecule is CCC[C@@H](NC(N)=O)C(=O)NCCC(C)(C)C(=O)O. The van der Waals surface area contributed by atoms with Gasteiger partial charge in [-0.05, 0) is 26.7 Å². The Morgan fingerprint density at radius 1 is 1.32 bits per heavy atom. The molecule has 0 aromatic carbocycles. The number of carboxylic acids is 1. The van der Waals surface area contributed by atoms with Crippen LogP contribution >= 0.6 is 0 Å². The zero-order chi connectivity index (χ0) is 15.1. The van der Waals surface area contributed by atoms with E-state index in [1.165, 1.54) is 0 Å². The van der Waals surface area contributed by atoms with Gasteiger partial charge in [0.1, 0.15) is 6.04 Å². The summed E-state index contributed by atoms with van der Waals surface area (Å²) in [6, 6.07) is -1.42. The van der Waals surface area contributed by atoms with E-state index < -0.39 is 23.5 Å². The summed E-state index contributed by atoms with van der Waals surface area (Å²) >= 11 is 0. The second-order valence-electron chi connectivity index (χ2n) is 5.08. The molecular formula is C12H23N3O4. The van der Waals surface area contributed by atoms with E-state index in [9.17, 15) is 14.4 Å². The van der Waals surface area contributed by atoms with Crippen LogP contribution in [0.15, 0.2) is 0 Å². The number of amides is 3. The maximum atomic E-state index is 11.8. The van der Waals surface area contributed by atoms with Gasteiger partial charge in [-0.25, -0.2) is 4.79 Å². The lowest BCUT2D eigenvalue weighted by Gasteiger charge is -2.21. The van der Waals surface area contributed by atoms with Crippen LogP contribution in [-0.2, 0) is 9.59 Å². The summed E-state index contributed by atoms with van der Waals surface area (Å²) in [5.74, 6) is -1.26. The summed E-state index contributed by atoms with van der Waals surface area (Å²) in [7, 11) is 0. The molecule has 19 heavy (non-hydrogen) atoms. The normalized spacial score (nSPS) is 12.6. The zero-order valence-electron chi connectivity index (χ0n) is 11.7. The second-order valence-corrected chi connectivity index (χ2v) is 5.08. The van der Waals surface area contributed by atoms with Crippen molar-refractivity contribution in [3.8, 4) is 0 Å². The van der Waals surface area contributed by atoms with Crippen molar-refractivity contribution in [3.05, 3.63) is 0 Å². The summed E-state index contributed by atoms with van der Waals surface area (Å²) in [6.07, 6.45) is 1.51. The number of urea groups is 1. The lowest BCUT2D eigenvalue weighted by molar-refractivity contribution is -0.147. The van der Waals surface area contributed by atoms with Crippen molar-refractivity contribution in [1.29, 1.82) is 0 Å². The molecule has 3 amide bonds. The first kappa shape index (κ1) is 17.2. The first-order valence-corrected chi connectivity index (χ1v) is 6.27. The van der Waals surface area contributed by atoms with Crippen molar-refractivity contribution in [2.75, 3.05) is 6.54 Å². The number of carboxylic acid groups (broad SMARTS) is 1. The number of carbonyl (C=O) groups excluding carboxylic acids is 2. The summed E-state index contributed by atoms with van der Waals surface area (Å²) in [6.45, 7) is 5.30. The molecule has 0 fully saturated rings. The molecule has 7 nitrogen and oxygen atoms in total. The van der Waals surface area contributed by atoms with E-state index in [1.54, 1.807) is 13.8 Å². The quantitative estimate of drug-likeness (QED) is 0.512. The summed E-state index contributed by atoms with van der Waals surface area (Å²) in [5.41, 5.74) is 4.09. The van der Waals surface area contributed by atoms with Gasteiger partial charge in [-0.15, -0.1) is 0 Å². The molecule has 0 unspecified atom stereocenters. The third-order valence-electron chi connectivity index (χ3n) is 2.84. The Balaban J connectivity index is 4.27. The van der Waals surface area contributed by atoms with Crippen molar-refractivity contribution in [2.45, 2.75) is 46.1 Å². The molecule has 0 aromatic rings. The number of nitrogens with one attached hydrogen (secondary N) is 2. The third-order valence-corrected chi connectivity index (χ3v) is 2.84. The van der Waals surface area contributed by atoms with E-state index in [2.05, 4.69) is 10.6 Å². The minimum atomic E-state index is -0.915. The number of rotatable bonds is 8. The number of hydrogen-bond donors (Lipinski definition) is 4. The maximum Gasteiger partial charge on any atom is 0.312 e. The molecule has 5 N–H and O–H groups in total. The van der Waals surface area contributed by atoms with Crippen molar-refractivity contribution in [3.63, 3.8) is 0 Å². The summed E-state index contributed by atoms with van der Waals surface area (Å²) < 4.78 is 0. The van der Waals surface area contributed by atoms with E-state index in [0.717, 1.165) is 6.42 Å². The molecule has 0 saturated heterocycles. The van der Waals surface area contributed by atoms with Crippen LogP contribution in [-0.4, -0.2) is 35.6 Å². The molecule has 0 aromatic heterocycles. The topological polar surface area (TPSA) is 122 Å². The number of carbonyl (C=O) groups is 3. The van der Waals surface area contributed by atoms with Gasteiger partial charge in [0.15, 0.2) is 0 Å². The van der Waals surface area contributed by atoms with Gasteiger partial charge < -0.3 is 21.5 Å². The minimum Gasteiger partial charge on any atom is -0.481 e. The standard InChI is InChI=1S/C12H23N3O4/c1-4-5-8(15-11(13)19)9(16)14-7-6-12(2,3)10(17)18/h8H,4-7H2,1-3H3,(H,14,16)(H,17,18)(H3,13,15,19)/t8-/m1/s1. The molecule has 0 aliphatic heterocycles. The summed E-state index contributed by atoms with van der Waals surface area (Å²) in [5, 5.41) is 13.9. The van der Waals surface area contributed by atoms with E-state index in [0.29, 0.717) is 12.8 Å². The molecule has 0 spiro atoms. The average molecular weight is 273 g/mol. The van der Waals surface area contributed by atoms with Crippen LogP contribution in [0.2, 0.25) is 0 Å². The molecule has 0 radical (unpaired) electrons. The van der Waals surface area contributed by atoms with Crippen LogP contribution in [0.25, 0.3) is 0 Å². The third kappa shape index (κ3) is 6.64. The Morgan fingerprint density at radius 2 is 1.89 bits per heavy atom. The molecular weight excluding hydrogens is 250 g/mol. The zero-order valence-corrected chi connectivity index (χ0v) is 11.7. The van der Waals surface area contributed by atoms with Gasteiger partial charge >= 0.3 is 12.0 Å². The van der Waals surface area contributed by atoms with Crippen LogP contribution in [0.1, 0.15) is 40.0 Å². The highest BCUT2D eigenvalue weighted by molar-refractivity contribution is 5.86. The highest BCUT2D eigenvalue weighted by atomic mass is 16.4. The number of primary amides is 1. The van der Waals surface area contributed by atoms with E-state index >= 15 is 0 Å². The van der Waals surface area contributed by atoms with Crippen LogP contribution < -0.4 is 16.4 Å². The van der Waals surface area contributed by atoms with Gasteiger partial charge in [0.05, 0.1) is 5.41 Å². The maximum absolute atomic E-state index is 11.8. The van der Waals surface area contributed by atoms with Crippen molar-refractivity contribution in [2.24, 2.45) is 11.1 Å². The van der Waals surface area contributed by atoms with Gasteiger partial charge in [0.25, 0.3) is 0 Å². The number of aliphatic carboxylic acids is 1. The molecule has 7 heteroatoms. The van der Waals surface area contributed by atoms with Gasteiger partial charge in [-0.2, -0.15) is 0 Å². The van der Waals surface area contributed by atoms with E-state index in [-0.39, 0.29) is 12.5 Å². The van der Waals surface area contributed by atoms with Crippen LogP contribution in [0, 0.1) is 5.41 Å². The minimum absolute atomic E-state index is 0.235. The Morgan fingerprint density at radius 3 is 2.32 bits per heavy atom. The Hall–Kier alpha value is -1.79. The molecule has 0 saturated carbocycles. The predicted molar refractivity (Wildman–Crippen MR) is 70.5 cm³/mol. The predicted octanol–water partition coefficient (Wildman–Crippen LogP) is 0.441. The fourth-order valence-electron chi connectivity index (χ4n) is 1.46. The lowest BCUT2D eigenvalue weighted by atomic mass is 9.89. The molecule has 0 aliphatic rings. The molecule has 1 atom stereocenters. The van der Waals surface area contributed by atoms with Crippen molar-refractivity contribution >= 4 is 17.9 Å². The number of hydrogen-bond acceptors (Lipinski definition) is 3. The smallest absolute Gasteiger partial charge is 0.312 e. The van der Waals surface area contributed by atoms with Gasteiger partial charge in [0.2, 0.25) is 5.91 Å². The first-order valence-electron chi connectivity index (χ1n) is 6.27. The Labute approximate surface area is 112 Å². The molecule has 0 rings (SSSR count). The fourth-order valence-corrected chi connectivity index (χ4v) is 1.46. The van der Waals surface area contributed by atoms with Gasteiger partial charge in [-0.3, -0.25) is 9.59 Å².